The minimum atomic E-state index is -1.60. The van der Waals surface area contributed by atoms with Gasteiger partial charge in [-0.3, -0.25) is 4.79 Å². The van der Waals surface area contributed by atoms with Gasteiger partial charge in [0.15, 0.2) is 5.78 Å². The number of rotatable bonds is 12. The number of hydrogen-bond acceptors (Lipinski definition) is 2. The first-order valence-corrected chi connectivity index (χ1v) is 37.0. The van der Waals surface area contributed by atoms with Crippen LogP contribution in [0.4, 0.5) is 5.69 Å². The molecule has 0 heterocycles. The Morgan fingerprint density at radius 1 is 0.550 bits per heavy atom. The van der Waals surface area contributed by atoms with E-state index in [0.29, 0.717) is 15.5 Å². The molecule has 0 aliphatic heterocycles. The average Bonchev–Trinajstić information content (AvgIpc) is 2.56. The lowest BCUT2D eigenvalue weighted by Crippen LogP contribution is -2.49. The van der Waals surface area contributed by atoms with Gasteiger partial charge in [-0.2, -0.15) is 0 Å². The van der Waals surface area contributed by atoms with Gasteiger partial charge >= 0.3 is 0 Å². The van der Waals surface area contributed by atoms with Crippen molar-refractivity contribution in [3.63, 3.8) is 0 Å². The zero-order valence-corrected chi connectivity index (χ0v) is 36.4. The van der Waals surface area contributed by atoms with E-state index in [4.69, 9.17) is 0 Å². The maximum atomic E-state index is 12.2. The molecule has 0 saturated heterocycles. The van der Waals surface area contributed by atoms with Crippen LogP contribution >= 0.6 is 0 Å². The van der Waals surface area contributed by atoms with Gasteiger partial charge in [0.05, 0.1) is 0 Å². The van der Waals surface area contributed by atoms with E-state index in [2.05, 4.69) is 142 Å². The SMILES string of the molecule is CC(=O)/C=C(/C)Nc1c(C([Si](C)(C)C)[Si](C)(C)C)cc(C([Si](C)(C)C)[Si](C)(C)C)cc1C([Si](C)(C)C)[Si](C)(C)C. The summed E-state index contributed by atoms with van der Waals surface area (Å²) in [4.78, 5) is 12.2. The third-order valence-corrected chi connectivity index (χ3v) is 36.0. The summed E-state index contributed by atoms with van der Waals surface area (Å²) in [6, 6.07) is 5.42. The monoisotopic (exact) mass is 649 g/mol. The van der Waals surface area contributed by atoms with Crippen LogP contribution in [0.15, 0.2) is 23.9 Å². The second-order valence-electron chi connectivity index (χ2n) is 19.1. The molecule has 0 atom stereocenters. The molecular formula is C32H67NOSi6. The van der Waals surface area contributed by atoms with E-state index in [-0.39, 0.29) is 5.78 Å². The zero-order valence-electron chi connectivity index (χ0n) is 30.4. The summed E-state index contributed by atoms with van der Waals surface area (Å²) < 4.78 is 0. The Balaban J connectivity index is 4.63. The number of ketones is 1. The van der Waals surface area contributed by atoms with Crippen LogP contribution in [0.1, 0.15) is 46.0 Å². The third kappa shape index (κ3) is 9.89. The number of benzene rings is 1. The fourth-order valence-electron chi connectivity index (χ4n) is 8.78. The predicted octanol–water partition coefficient (Wildman–Crippen LogP) is 11.1. The molecule has 0 aliphatic rings. The van der Waals surface area contributed by atoms with Gasteiger partial charge in [0.25, 0.3) is 0 Å². The molecule has 1 N–H and O–H groups in total. The largest absolute Gasteiger partial charge is 0.359 e. The van der Waals surface area contributed by atoms with Crippen LogP contribution in [-0.2, 0) is 4.79 Å². The molecule has 0 radical (unpaired) electrons. The molecule has 1 rings (SSSR count). The van der Waals surface area contributed by atoms with Gasteiger partial charge in [-0.15, -0.1) is 0 Å². The van der Waals surface area contributed by atoms with Crippen molar-refractivity contribution in [3.05, 3.63) is 40.6 Å². The summed E-state index contributed by atoms with van der Waals surface area (Å²) in [7, 11) is -9.39. The standard InChI is InChI=1S/C32H67NOSi6/c1-24(21-25(2)34)33-29-27(31(37(9,10)11)38(12,13)14)22-26(30(35(3,4)5)36(6,7)8)23-28(29)32(39(15,16)17)40(18,19)20/h21-23,30-33H,1-20H3/b24-21-. The number of nitrogens with one attached hydrogen (secondary N) is 1. The first kappa shape index (κ1) is 37.8. The number of carbonyl (C=O) groups is 1. The molecule has 0 saturated carbocycles. The molecular weight excluding hydrogens is 583 g/mol. The summed E-state index contributed by atoms with van der Waals surface area (Å²) in [6.07, 6.45) is 1.80. The van der Waals surface area contributed by atoms with Crippen LogP contribution in [0, 0.1) is 0 Å². The third-order valence-electron chi connectivity index (χ3n) is 8.12. The van der Waals surface area contributed by atoms with Gasteiger partial charge in [0.1, 0.15) is 0 Å². The smallest absolute Gasteiger partial charge is 0.154 e. The molecule has 0 amide bonds. The van der Waals surface area contributed by atoms with Gasteiger partial charge in [0, 0.05) is 59.8 Å². The summed E-state index contributed by atoms with van der Waals surface area (Å²) >= 11 is 0. The van der Waals surface area contributed by atoms with E-state index in [0.717, 1.165) is 5.70 Å². The lowest BCUT2D eigenvalue weighted by Gasteiger charge is -2.45. The van der Waals surface area contributed by atoms with Crippen LogP contribution in [-0.4, -0.2) is 54.2 Å². The highest BCUT2D eigenvalue weighted by molar-refractivity contribution is 6.98. The molecule has 1 aromatic rings. The molecule has 40 heavy (non-hydrogen) atoms. The van der Waals surface area contributed by atoms with Crippen LogP contribution < -0.4 is 5.32 Å². The van der Waals surface area contributed by atoms with Crippen molar-refractivity contribution in [1.29, 1.82) is 0 Å². The maximum Gasteiger partial charge on any atom is 0.154 e. The Morgan fingerprint density at radius 3 is 1.05 bits per heavy atom. The molecule has 0 aliphatic carbocycles. The Labute approximate surface area is 256 Å². The molecule has 230 valence electrons. The van der Waals surface area contributed by atoms with Crippen molar-refractivity contribution < 1.29 is 4.79 Å². The number of anilines is 1. The van der Waals surface area contributed by atoms with E-state index in [1.54, 1.807) is 29.7 Å². The molecule has 0 unspecified atom stereocenters. The van der Waals surface area contributed by atoms with E-state index < -0.39 is 48.4 Å². The van der Waals surface area contributed by atoms with Crippen molar-refractivity contribution in [2.24, 2.45) is 0 Å². The maximum absolute atomic E-state index is 12.2. The molecule has 0 fully saturated rings. The molecule has 0 spiro atoms. The molecule has 0 bridgehead atoms. The number of carbonyl (C=O) groups excluding carboxylic acids is 1. The van der Waals surface area contributed by atoms with E-state index in [1.807, 2.05) is 0 Å². The zero-order chi connectivity index (χ0) is 32.0. The highest BCUT2D eigenvalue weighted by Gasteiger charge is 2.46. The van der Waals surface area contributed by atoms with E-state index >= 15 is 0 Å². The molecule has 1 aromatic carbocycles. The van der Waals surface area contributed by atoms with Crippen molar-refractivity contribution in [2.45, 2.75) is 147 Å². The second-order valence-corrected chi connectivity index (χ2v) is 52.7. The normalized spacial score (nSPS) is 14.9. The van der Waals surface area contributed by atoms with Gasteiger partial charge in [-0.05, 0) is 52.1 Å². The van der Waals surface area contributed by atoms with Crippen LogP contribution in [0.3, 0.4) is 0 Å². The topological polar surface area (TPSA) is 29.1 Å². The Bertz CT molecular complexity index is 988. The first-order valence-electron chi connectivity index (χ1n) is 15.5. The van der Waals surface area contributed by atoms with E-state index in [9.17, 15) is 4.79 Å². The van der Waals surface area contributed by atoms with Crippen LogP contribution in [0.5, 0.6) is 0 Å². The Kier molecular flexibility index (Phi) is 11.7. The first-order chi connectivity index (χ1) is 17.4. The quantitative estimate of drug-likeness (QED) is 0.180. The predicted molar refractivity (Wildman–Crippen MR) is 203 cm³/mol. The van der Waals surface area contributed by atoms with Crippen molar-refractivity contribution in [2.75, 3.05) is 5.32 Å². The summed E-state index contributed by atoms with van der Waals surface area (Å²) in [5, 5.41) is 5.91. The van der Waals surface area contributed by atoms with Gasteiger partial charge in [0.2, 0.25) is 0 Å². The Hall–Kier alpha value is -0.269. The van der Waals surface area contributed by atoms with Crippen LogP contribution in [0.25, 0.3) is 0 Å². The summed E-state index contributed by atoms with van der Waals surface area (Å²) in [6.45, 7) is 50.5. The molecule has 0 aromatic heterocycles. The van der Waals surface area contributed by atoms with Gasteiger partial charge in [-0.25, -0.2) is 0 Å². The minimum absolute atomic E-state index is 0.112. The fourth-order valence-corrected chi connectivity index (χ4v) is 46.9. The molecule has 2 nitrogen and oxygen atoms in total. The molecule has 8 heteroatoms. The second kappa shape index (κ2) is 12.4. The van der Waals surface area contributed by atoms with Crippen molar-refractivity contribution in [1.82, 2.24) is 0 Å². The van der Waals surface area contributed by atoms with Gasteiger partial charge in [-0.1, -0.05) is 130 Å². The lowest BCUT2D eigenvalue weighted by molar-refractivity contribution is -0.112. The van der Waals surface area contributed by atoms with Gasteiger partial charge < -0.3 is 5.32 Å². The average molecular weight is 650 g/mol. The number of allylic oxidation sites excluding steroid dienone is 2. The van der Waals surface area contributed by atoms with E-state index in [1.165, 1.54) is 5.69 Å². The van der Waals surface area contributed by atoms with Crippen molar-refractivity contribution >= 4 is 59.9 Å². The van der Waals surface area contributed by atoms with Crippen molar-refractivity contribution in [3.8, 4) is 0 Å². The minimum Gasteiger partial charge on any atom is -0.359 e. The van der Waals surface area contributed by atoms with Crippen LogP contribution in [0.2, 0.25) is 118 Å². The lowest BCUT2D eigenvalue weighted by atomic mass is 10.0. The highest BCUT2D eigenvalue weighted by Crippen LogP contribution is 2.49. The summed E-state index contributed by atoms with van der Waals surface area (Å²) in [5.74, 6) is 0.112. The number of hydrogen-bond donors (Lipinski definition) is 1. The highest BCUT2D eigenvalue weighted by atomic mass is 28.4. The fraction of sp³-hybridized carbons (Fsp3) is 0.719. The Morgan fingerprint density at radius 2 is 0.825 bits per heavy atom. The summed E-state index contributed by atoms with van der Waals surface area (Å²) in [5.41, 5.74) is 7.17.